The second-order valence-electron chi connectivity index (χ2n) is 4.07. The molecule has 18 heavy (non-hydrogen) atoms. The van der Waals surface area contributed by atoms with Gasteiger partial charge in [-0.2, -0.15) is 4.31 Å². The number of unbranched alkanes of at least 4 members (excludes halogenated alkanes) is 1. The highest BCUT2D eigenvalue weighted by atomic mass is 35.5. The Labute approximate surface area is 113 Å². The molecule has 1 aliphatic rings. The first-order chi connectivity index (χ1) is 8.51. The third-order valence-corrected chi connectivity index (χ3v) is 5.07. The topological polar surface area (TPSA) is 66.9 Å². The van der Waals surface area contributed by atoms with Crippen LogP contribution in [0.2, 0.25) is 0 Å². The molecule has 0 aromatic heterocycles. The van der Waals surface area contributed by atoms with E-state index < -0.39 is 16.1 Å². The number of carbonyl (C=O) groups excluding carboxylic acids is 1. The van der Waals surface area contributed by atoms with Crippen LogP contribution in [-0.2, 0) is 14.8 Å². The van der Waals surface area contributed by atoms with Crippen molar-refractivity contribution in [2.75, 3.05) is 44.9 Å². The molecule has 1 rings (SSSR count). The molecule has 1 heterocycles. The maximum atomic E-state index is 12.0. The zero-order valence-electron chi connectivity index (χ0n) is 10.5. The van der Waals surface area contributed by atoms with Crippen molar-refractivity contribution in [1.29, 1.82) is 0 Å². The standard InChI is InChI=1S/C10H19ClN2O4S/c1-17-10(14)12-5-7-13(8-6-12)18(15,16)9-3-2-4-11/h2-9H2,1H3. The van der Waals surface area contributed by atoms with Gasteiger partial charge in [-0.25, -0.2) is 13.2 Å². The molecule has 0 atom stereocenters. The number of hydrogen-bond acceptors (Lipinski definition) is 4. The average Bonchev–Trinajstić information content (AvgIpc) is 2.38. The summed E-state index contributed by atoms with van der Waals surface area (Å²) in [7, 11) is -1.90. The lowest BCUT2D eigenvalue weighted by atomic mass is 10.4. The van der Waals surface area contributed by atoms with Crippen LogP contribution in [0.3, 0.4) is 0 Å². The van der Waals surface area contributed by atoms with Crippen molar-refractivity contribution in [3.63, 3.8) is 0 Å². The number of methoxy groups -OCH3 is 1. The number of halogens is 1. The highest BCUT2D eigenvalue weighted by molar-refractivity contribution is 7.89. The first-order valence-electron chi connectivity index (χ1n) is 5.88. The van der Waals surface area contributed by atoms with Crippen LogP contribution in [0.15, 0.2) is 0 Å². The number of alkyl halides is 1. The van der Waals surface area contributed by atoms with Crippen molar-refractivity contribution in [3.8, 4) is 0 Å². The molecule has 1 amide bonds. The number of amides is 1. The largest absolute Gasteiger partial charge is 0.453 e. The van der Waals surface area contributed by atoms with Crippen LogP contribution in [-0.4, -0.2) is 68.6 Å². The van der Waals surface area contributed by atoms with E-state index in [9.17, 15) is 13.2 Å². The quantitative estimate of drug-likeness (QED) is 0.554. The Hall–Kier alpha value is -0.530. The molecular formula is C10H19ClN2O4S. The molecule has 0 radical (unpaired) electrons. The number of nitrogens with zero attached hydrogens (tertiary/aromatic N) is 2. The summed E-state index contributed by atoms with van der Waals surface area (Å²) in [5.41, 5.74) is 0. The fourth-order valence-electron chi connectivity index (χ4n) is 1.79. The number of sulfonamides is 1. The van der Waals surface area contributed by atoms with Gasteiger partial charge in [0, 0.05) is 32.1 Å². The Morgan fingerprint density at radius 1 is 1.22 bits per heavy atom. The number of rotatable bonds is 5. The second kappa shape index (κ2) is 7.16. The van der Waals surface area contributed by atoms with Crippen LogP contribution < -0.4 is 0 Å². The molecule has 1 fully saturated rings. The lowest BCUT2D eigenvalue weighted by molar-refractivity contribution is 0.108. The van der Waals surface area contributed by atoms with Gasteiger partial charge in [-0.05, 0) is 12.8 Å². The van der Waals surface area contributed by atoms with Gasteiger partial charge in [0.25, 0.3) is 0 Å². The third kappa shape index (κ3) is 4.29. The summed E-state index contributed by atoms with van der Waals surface area (Å²) < 4.78 is 29.9. The van der Waals surface area contributed by atoms with Crippen molar-refractivity contribution in [3.05, 3.63) is 0 Å². The first-order valence-corrected chi connectivity index (χ1v) is 8.02. The van der Waals surface area contributed by atoms with E-state index >= 15 is 0 Å². The van der Waals surface area contributed by atoms with Crippen LogP contribution in [0.25, 0.3) is 0 Å². The predicted octanol–water partition coefficient (Wildman–Crippen LogP) is 0.719. The Morgan fingerprint density at radius 3 is 2.33 bits per heavy atom. The molecule has 0 aromatic rings. The lowest BCUT2D eigenvalue weighted by Gasteiger charge is -2.33. The minimum Gasteiger partial charge on any atom is -0.453 e. The Morgan fingerprint density at radius 2 is 1.83 bits per heavy atom. The molecule has 0 spiro atoms. The Bertz CT molecular complexity index is 366. The normalized spacial score (nSPS) is 17.8. The Kier molecular flexibility index (Phi) is 6.17. The maximum absolute atomic E-state index is 12.0. The van der Waals surface area contributed by atoms with Crippen LogP contribution in [0.4, 0.5) is 4.79 Å². The predicted molar refractivity (Wildman–Crippen MR) is 69.3 cm³/mol. The zero-order valence-corrected chi connectivity index (χ0v) is 12.0. The van der Waals surface area contributed by atoms with Gasteiger partial charge in [0.1, 0.15) is 0 Å². The second-order valence-corrected chi connectivity index (χ2v) is 6.53. The van der Waals surface area contributed by atoms with Crippen molar-refractivity contribution >= 4 is 27.7 Å². The van der Waals surface area contributed by atoms with Gasteiger partial charge >= 0.3 is 6.09 Å². The van der Waals surface area contributed by atoms with Gasteiger partial charge in [0.05, 0.1) is 12.9 Å². The van der Waals surface area contributed by atoms with Crippen molar-refractivity contribution in [2.24, 2.45) is 0 Å². The van der Waals surface area contributed by atoms with Gasteiger partial charge < -0.3 is 9.64 Å². The summed E-state index contributed by atoms with van der Waals surface area (Å²) in [5.74, 6) is 0.601. The van der Waals surface area contributed by atoms with E-state index in [0.717, 1.165) is 0 Å². The number of carbonyl (C=O) groups is 1. The van der Waals surface area contributed by atoms with E-state index in [1.165, 1.54) is 16.3 Å². The van der Waals surface area contributed by atoms with Crippen LogP contribution in [0.1, 0.15) is 12.8 Å². The summed E-state index contributed by atoms with van der Waals surface area (Å²) in [5, 5.41) is 0. The van der Waals surface area contributed by atoms with Crippen LogP contribution in [0.5, 0.6) is 0 Å². The van der Waals surface area contributed by atoms with Gasteiger partial charge in [0.15, 0.2) is 0 Å². The van der Waals surface area contributed by atoms with E-state index in [0.29, 0.717) is 44.9 Å². The first kappa shape index (κ1) is 15.5. The SMILES string of the molecule is COC(=O)N1CCN(S(=O)(=O)CCCCCl)CC1. The fraction of sp³-hybridized carbons (Fsp3) is 0.900. The van der Waals surface area contributed by atoms with E-state index in [1.807, 2.05) is 0 Å². The molecule has 8 heteroatoms. The van der Waals surface area contributed by atoms with Gasteiger partial charge in [-0.3, -0.25) is 0 Å². The molecular weight excluding hydrogens is 280 g/mol. The number of hydrogen-bond donors (Lipinski definition) is 0. The fourth-order valence-corrected chi connectivity index (χ4v) is 3.52. The maximum Gasteiger partial charge on any atom is 0.409 e. The highest BCUT2D eigenvalue weighted by Crippen LogP contribution is 2.10. The minimum absolute atomic E-state index is 0.123. The molecule has 0 N–H and O–H groups in total. The summed E-state index contributed by atoms with van der Waals surface area (Å²) >= 11 is 5.52. The van der Waals surface area contributed by atoms with E-state index in [-0.39, 0.29) is 5.75 Å². The van der Waals surface area contributed by atoms with Crippen LogP contribution >= 0.6 is 11.6 Å². The summed E-state index contributed by atoms with van der Waals surface area (Å²) in [6.45, 7) is 1.42. The molecule has 0 saturated carbocycles. The number of piperazine rings is 1. The molecule has 6 nitrogen and oxygen atoms in total. The zero-order chi connectivity index (χ0) is 13.6. The van der Waals surface area contributed by atoms with E-state index in [2.05, 4.69) is 4.74 Å². The third-order valence-electron chi connectivity index (χ3n) is 2.85. The molecule has 0 bridgehead atoms. The monoisotopic (exact) mass is 298 g/mol. The molecule has 0 unspecified atom stereocenters. The van der Waals surface area contributed by atoms with Gasteiger partial charge in [-0.15, -0.1) is 11.6 Å². The van der Waals surface area contributed by atoms with Crippen LogP contribution in [0, 0.1) is 0 Å². The average molecular weight is 299 g/mol. The lowest BCUT2D eigenvalue weighted by Crippen LogP contribution is -2.51. The summed E-state index contributed by atoms with van der Waals surface area (Å²) in [6, 6.07) is 0. The smallest absolute Gasteiger partial charge is 0.409 e. The minimum atomic E-state index is -3.22. The van der Waals surface area contributed by atoms with E-state index in [1.54, 1.807) is 0 Å². The van der Waals surface area contributed by atoms with Gasteiger partial charge in [0.2, 0.25) is 10.0 Å². The van der Waals surface area contributed by atoms with E-state index in [4.69, 9.17) is 11.6 Å². The summed E-state index contributed by atoms with van der Waals surface area (Å²) in [4.78, 5) is 12.8. The van der Waals surface area contributed by atoms with Crippen molar-refractivity contribution < 1.29 is 17.9 Å². The molecule has 0 aromatic carbocycles. The summed E-state index contributed by atoms with van der Waals surface area (Å²) in [6.07, 6.45) is 0.862. The van der Waals surface area contributed by atoms with Crippen molar-refractivity contribution in [1.82, 2.24) is 9.21 Å². The molecule has 1 aliphatic heterocycles. The van der Waals surface area contributed by atoms with Gasteiger partial charge in [-0.1, -0.05) is 0 Å². The van der Waals surface area contributed by atoms with Crippen molar-refractivity contribution in [2.45, 2.75) is 12.8 Å². The number of ether oxygens (including phenoxy) is 1. The highest BCUT2D eigenvalue weighted by Gasteiger charge is 2.28. The Balaban J connectivity index is 2.44. The molecule has 0 aliphatic carbocycles. The molecule has 106 valence electrons. The molecule has 1 saturated heterocycles.